The van der Waals surface area contributed by atoms with Crippen LogP contribution in [0.25, 0.3) is 0 Å². The van der Waals surface area contributed by atoms with Crippen LogP contribution >= 0.6 is 0 Å². The molecule has 0 radical (unpaired) electrons. The second-order valence-electron chi connectivity index (χ2n) is 9.27. The van der Waals surface area contributed by atoms with Crippen LogP contribution in [0.3, 0.4) is 0 Å². The Morgan fingerprint density at radius 3 is 1.25 bits per heavy atom. The molecule has 0 saturated carbocycles. The van der Waals surface area contributed by atoms with E-state index in [4.69, 9.17) is 9.47 Å². The lowest BCUT2D eigenvalue weighted by Gasteiger charge is -2.17. The summed E-state index contributed by atoms with van der Waals surface area (Å²) in [6.45, 7) is 4.10. The summed E-state index contributed by atoms with van der Waals surface area (Å²) in [6.07, 6.45) is 23.6. The lowest BCUT2D eigenvalue weighted by atomic mass is 9.98. The molecule has 0 aromatic heterocycles. The van der Waals surface area contributed by atoms with Crippen LogP contribution < -0.4 is 9.47 Å². The summed E-state index contributed by atoms with van der Waals surface area (Å²) in [5.74, 6) is 0.575. The Morgan fingerprint density at radius 2 is 0.875 bits per heavy atom. The molecule has 1 aromatic rings. The number of hydrogen-bond donors (Lipinski definition) is 2. The summed E-state index contributed by atoms with van der Waals surface area (Å²) < 4.78 is 10.4. The van der Waals surface area contributed by atoms with Gasteiger partial charge in [0.25, 0.3) is 0 Å². The molecule has 0 heterocycles. The van der Waals surface area contributed by atoms with Gasteiger partial charge in [-0.25, -0.2) is 0 Å². The first kappa shape index (κ1) is 28.5. The number of unbranched alkanes of at least 4 members (excludes halogenated alkanes) is 16. The van der Waals surface area contributed by atoms with Crippen molar-refractivity contribution in [2.45, 2.75) is 129 Å². The van der Waals surface area contributed by atoms with E-state index in [-0.39, 0.29) is 23.0 Å². The molecule has 0 aliphatic rings. The molecular weight excluding hydrogens is 400 g/mol. The van der Waals surface area contributed by atoms with Crippen molar-refractivity contribution in [3.63, 3.8) is 0 Å². The van der Waals surface area contributed by atoms with Gasteiger partial charge in [-0.2, -0.15) is 0 Å². The van der Waals surface area contributed by atoms with Gasteiger partial charge >= 0.3 is 0 Å². The van der Waals surface area contributed by atoms with Gasteiger partial charge in [0.2, 0.25) is 11.5 Å². The van der Waals surface area contributed by atoms with Crippen molar-refractivity contribution in [2.75, 3.05) is 14.2 Å². The summed E-state index contributed by atoms with van der Waals surface area (Å²) in [7, 11) is 2.94. The Labute approximate surface area is 197 Å². The van der Waals surface area contributed by atoms with Crippen molar-refractivity contribution >= 4 is 0 Å². The van der Waals surface area contributed by atoms with Gasteiger partial charge in [-0.3, -0.25) is 0 Å². The number of benzene rings is 1. The van der Waals surface area contributed by atoms with E-state index in [9.17, 15) is 10.2 Å². The molecule has 1 aromatic carbocycles. The molecule has 0 atom stereocenters. The largest absolute Gasteiger partial charge is 0.504 e. The highest BCUT2D eigenvalue weighted by Crippen LogP contribution is 2.48. The van der Waals surface area contributed by atoms with Crippen molar-refractivity contribution < 1.29 is 19.7 Å². The van der Waals surface area contributed by atoms with Gasteiger partial charge in [-0.1, -0.05) is 110 Å². The van der Waals surface area contributed by atoms with Gasteiger partial charge in [0, 0.05) is 11.1 Å². The summed E-state index contributed by atoms with van der Waals surface area (Å²) in [6, 6.07) is 0. The van der Waals surface area contributed by atoms with Crippen molar-refractivity contribution in [2.24, 2.45) is 0 Å². The quantitative estimate of drug-likeness (QED) is 0.154. The van der Waals surface area contributed by atoms with Crippen LogP contribution in [-0.4, -0.2) is 24.4 Å². The fourth-order valence-electron chi connectivity index (χ4n) is 4.55. The number of aromatic hydroxyl groups is 2. The Balaban J connectivity index is 2.05. The lowest BCUT2D eigenvalue weighted by molar-refractivity contribution is 0.313. The number of rotatable bonds is 20. The van der Waals surface area contributed by atoms with Crippen LogP contribution in [0.4, 0.5) is 0 Å². The highest BCUT2D eigenvalue weighted by Gasteiger charge is 2.22. The number of methoxy groups -OCH3 is 2. The molecule has 0 spiro atoms. The first-order valence-electron chi connectivity index (χ1n) is 13.2. The van der Waals surface area contributed by atoms with E-state index in [1.165, 1.54) is 111 Å². The Kier molecular flexibility index (Phi) is 15.9. The molecule has 0 aliphatic heterocycles. The van der Waals surface area contributed by atoms with Gasteiger partial charge in [-0.05, 0) is 19.8 Å². The van der Waals surface area contributed by atoms with E-state index in [1.807, 2.05) is 6.92 Å². The zero-order valence-corrected chi connectivity index (χ0v) is 21.4. The monoisotopic (exact) mass is 450 g/mol. The third-order valence-corrected chi connectivity index (χ3v) is 6.67. The predicted octanol–water partition coefficient (Wildman–Crippen LogP) is 8.62. The second-order valence-corrected chi connectivity index (χ2v) is 9.27. The van der Waals surface area contributed by atoms with Gasteiger partial charge in [0.05, 0.1) is 14.2 Å². The SMILES string of the molecule is CCCCCCCCCCCCCCCCCCCc1c(C)c(O)c(OC)c(OC)c1O. The highest BCUT2D eigenvalue weighted by atomic mass is 16.5. The molecule has 0 unspecified atom stereocenters. The van der Waals surface area contributed by atoms with Crippen molar-refractivity contribution in [3.05, 3.63) is 11.1 Å². The van der Waals surface area contributed by atoms with Crippen molar-refractivity contribution in [3.8, 4) is 23.0 Å². The van der Waals surface area contributed by atoms with Crippen LogP contribution in [-0.2, 0) is 6.42 Å². The van der Waals surface area contributed by atoms with E-state index < -0.39 is 0 Å². The fourth-order valence-corrected chi connectivity index (χ4v) is 4.55. The Bertz CT molecular complexity index is 612. The van der Waals surface area contributed by atoms with E-state index in [1.54, 1.807) is 0 Å². The molecule has 4 nitrogen and oxygen atoms in total. The minimum absolute atomic E-state index is 0.0594. The van der Waals surface area contributed by atoms with E-state index in [2.05, 4.69) is 6.92 Å². The minimum Gasteiger partial charge on any atom is -0.504 e. The zero-order valence-electron chi connectivity index (χ0n) is 21.4. The van der Waals surface area contributed by atoms with Crippen LogP contribution in [0.15, 0.2) is 0 Å². The molecule has 4 heteroatoms. The molecule has 1 rings (SSSR count). The predicted molar refractivity (Wildman–Crippen MR) is 135 cm³/mol. The number of phenols is 2. The highest BCUT2D eigenvalue weighted by molar-refractivity contribution is 5.65. The summed E-state index contributed by atoms with van der Waals surface area (Å²) in [4.78, 5) is 0. The summed E-state index contributed by atoms with van der Waals surface area (Å²) >= 11 is 0. The fraction of sp³-hybridized carbons (Fsp3) is 0.786. The zero-order chi connectivity index (χ0) is 23.6. The molecule has 0 aliphatic carbocycles. The molecule has 0 saturated heterocycles. The van der Waals surface area contributed by atoms with Gasteiger partial charge in [0.1, 0.15) is 0 Å². The average molecular weight is 451 g/mol. The number of ether oxygens (including phenoxy) is 2. The summed E-state index contributed by atoms with van der Waals surface area (Å²) in [5.41, 5.74) is 1.44. The third-order valence-electron chi connectivity index (χ3n) is 6.67. The number of phenolic OH excluding ortho intramolecular Hbond substituents is 2. The van der Waals surface area contributed by atoms with E-state index >= 15 is 0 Å². The Morgan fingerprint density at radius 1 is 0.531 bits per heavy atom. The smallest absolute Gasteiger partial charge is 0.207 e. The maximum atomic E-state index is 10.5. The van der Waals surface area contributed by atoms with Crippen LogP contribution in [0.5, 0.6) is 23.0 Å². The maximum absolute atomic E-state index is 10.5. The molecule has 0 bridgehead atoms. The molecule has 2 N–H and O–H groups in total. The van der Waals surface area contributed by atoms with Crippen molar-refractivity contribution in [1.82, 2.24) is 0 Å². The minimum atomic E-state index is 0.0594. The molecular formula is C28H50O4. The van der Waals surface area contributed by atoms with Crippen LogP contribution in [0, 0.1) is 6.92 Å². The van der Waals surface area contributed by atoms with Gasteiger partial charge < -0.3 is 19.7 Å². The maximum Gasteiger partial charge on any atom is 0.207 e. The Hall–Kier alpha value is -1.58. The number of hydrogen-bond acceptors (Lipinski definition) is 4. The lowest BCUT2D eigenvalue weighted by Crippen LogP contribution is -1.99. The van der Waals surface area contributed by atoms with E-state index in [0.29, 0.717) is 5.56 Å². The second kappa shape index (κ2) is 17.9. The standard InChI is InChI=1S/C28H50O4/c1-5-6-7-8-9-10-11-12-13-14-15-16-17-18-19-20-21-22-24-23(2)25(29)27(31-3)28(32-4)26(24)30/h29-30H,5-22H2,1-4H3. The molecule has 32 heavy (non-hydrogen) atoms. The average Bonchev–Trinajstić information content (AvgIpc) is 2.80. The third kappa shape index (κ3) is 10.4. The molecule has 186 valence electrons. The van der Waals surface area contributed by atoms with E-state index in [0.717, 1.165) is 24.8 Å². The first-order chi connectivity index (χ1) is 15.6. The topological polar surface area (TPSA) is 58.9 Å². The summed E-state index contributed by atoms with van der Waals surface area (Å²) in [5, 5.41) is 20.9. The van der Waals surface area contributed by atoms with Gasteiger partial charge in [-0.15, -0.1) is 0 Å². The first-order valence-corrected chi connectivity index (χ1v) is 13.2. The molecule has 0 fully saturated rings. The van der Waals surface area contributed by atoms with Gasteiger partial charge in [0.15, 0.2) is 11.5 Å². The molecule has 0 amide bonds. The van der Waals surface area contributed by atoms with Crippen LogP contribution in [0.1, 0.15) is 127 Å². The van der Waals surface area contributed by atoms with Crippen LogP contribution in [0.2, 0.25) is 0 Å². The van der Waals surface area contributed by atoms with Crippen molar-refractivity contribution in [1.29, 1.82) is 0 Å². The normalized spacial score (nSPS) is 11.1.